The first-order valence-electron chi connectivity index (χ1n) is 7.19. The van der Waals surface area contributed by atoms with Crippen molar-refractivity contribution in [1.29, 1.82) is 0 Å². The summed E-state index contributed by atoms with van der Waals surface area (Å²) in [6, 6.07) is 7.75. The van der Waals surface area contributed by atoms with E-state index in [9.17, 15) is 4.79 Å². The summed E-state index contributed by atoms with van der Waals surface area (Å²) in [5.74, 6) is -0.0243. The fraction of sp³-hybridized carbons (Fsp3) is 0.375. The van der Waals surface area contributed by atoms with E-state index in [2.05, 4.69) is 22.5 Å². The molecule has 2 N–H and O–H groups in total. The fourth-order valence-corrected chi connectivity index (χ4v) is 2.97. The van der Waals surface area contributed by atoms with E-state index in [1.54, 1.807) is 17.5 Å². The van der Waals surface area contributed by atoms with Gasteiger partial charge in [0, 0.05) is 17.1 Å². The van der Waals surface area contributed by atoms with Gasteiger partial charge in [-0.25, -0.2) is 4.98 Å². The van der Waals surface area contributed by atoms with E-state index in [1.807, 2.05) is 36.7 Å². The van der Waals surface area contributed by atoms with Gasteiger partial charge in [0.25, 0.3) is 5.91 Å². The molecule has 1 heterocycles. The number of nitrogens with zero attached hydrogens (tertiary/aromatic N) is 1. The second-order valence-corrected chi connectivity index (χ2v) is 5.74. The van der Waals surface area contributed by atoms with E-state index in [4.69, 9.17) is 0 Å². The van der Waals surface area contributed by atoms with E-state index < -0.39 is 0 Å². The van der Waals surface area contributed by atoms with Crippen LogP contribution in [0, 0.1) is 0 Å². The minimum absolute atomic E-state index is 0.0187. The number of hydrogen-bond donors (Lipinski definition) is 2. The first kappa shape index (κ1) is 15.7. The number of thiazole rings is 1. The lowest BCUT2D eigenvalue weighted by Crippen LogP contribution is -2.29. The lowest BCUT2D eigenvalue weighted by molar-refractivity contribution is 0.0934. The summed E-state index contributed by atoms with van der Waals surface area (Å²) < 4.78 is 0. The van der Waals surface area contributed by atoms with E-state index in [-0.39, 0.29) is 11.9 Å². The zero-order valence-electron chi connectivity index (χ0n) is 12.4. The number of rotatable bonds is 7. The second kappa shape index (κ2) is 7.90. The Morgan fingerprint density at radius 3 is 2.86 bits per heavy atom. The Hall–Kier alpha value is -1.72. The topological polar surface area (TPSA) is 54.0 Å². The van der Waals surface area contributed by atoms with E-state index in [0.29, 0.717) is 0 Å². The van der Waals surface area contributed by atoms with Gasteiger partial charge in [-0.1, -0.05) is 25.1 Å². The Labute approximate surface area is 129 Å². The van der Waals surface area contributed by atoms with Gasteiger partial charge in [0.2, 0.25) is 0 Å². The molecule has 112 valence electrons. The van der Waals surface area contributed by atoms with Crippen LogP contribution in [-0.4, -0.2) is 24.5 Å². The predicted molar refractivity (Wildman–Crippen MR) is 86.7 cm³/mol. The van der Waals surface area contributed by atoms with Crippen molar-refractivity contribution in [1.82, 2.24) is 15.6 Å². The highest BCUT2D eigenvalue weighted by Crippen LogP contribution is 2.20. The molecule has 1 aromatic carbocycles. The zero-order valence-corrected chi connectivity index (χ0v) is 13.2. The van der Waals surface area contributed by atoms with Crippen molar-refractivity contribution in [2.45, 2.75) is 25.8 Å². The fourth-order valence-electron chi connectivity index (χ4n) is 2.20. The average molecular weight is 303 g/mol. The van der Waals surface area contributed by atoms with Crippen molar-refractivity contribution in [3.63, 3.8) is 0 Å². The third-order valence-electron chi connectivity index (χ3n) is 3.37. The van der Waals surface area contributed by atoms with Gasteiger partial charge in [0.1, 0.15) is 5.01 Å². The molecule has 1 unspecified atom stereocenters. The zero-order chi connectivity index (χ0) is 15.1. The number of aromatic nitrogens is 1. The van der Waals surface area contributed by atoms with Crippen LogP contribution in [0.5, 0.6) is 0 Å². The Morgan fingerprint density at radius 1 is 1.38 bits per heavy atom. The first-order valence-corrected chi connectivity index (χ1v) is 8.07. The van der Waals surface area contributed by atoms with Crippen molar-refractivity contribution < 1.29 is 4.79 Å². The molecule has 2 aromatic rings. The van der Waals surface area contributed by atoms with Crippen LogP contribution >= 0.6 is 11.3 Å². The van der Waals surface area contributed by atoms with Gasteiger partial charge in [0.15, 0.2) is 0 Å². The average Bonchev–Trinajstić information content (AvgIpc) is 3.04. The minimum Gasteiger partial charge on any atom is -0.343 e. The van der Waals surface area contributed by atoms with Gasteiger partial charge in [-0.05, 0) is 38.1 Å². The van der Waals surface area contributed by atoms with Crippen molar-refractivity contribution in [2.24, 2.45) is 0 Å². The normalized spacial score (nSPS) is 12.1. The third kappa shape index (κ3) is 4.12. The summed E-state index contributed by atoms with van der Waals surface area (Å²) in [5, 5.41) is 9.10. The molecule has 0 aliphatic rings. The predicted octanol–water partition coefficient (Wildman–Crippen LogP) is 2.79. The van der Waals surface area contributed by atoms with Gasteiger partial charge in [-0.15, -0.1) is 11.3 Å². The molecule has 2 rings (SSSR count). The van der Waals surface area contributed by atoms with Crippen molar-refractivity contribution in [2.75, 3.05) is 13.6 Å². The molecule has 0 fully saturated rings. The maximum atomic E-state index is 12.5. The molecule has 0 spiro atoms. The van der Waals surface area contributed by atoms with Crippen molar-refractivity contribution >= 4 is 17.2 Å². The van der Waals surface area contributed by atoms with E-state index in [1.165, 1.54) is 0 Å². The maximum absolute atomic E-state index is 12.5. The number of hydrogen-bond acceptors (Lipinski definition) is 4. The van der Waals surface area contributed by atoms with Crippen LogP contribution in [0.15, 0.2) is 35.8 Å². The monoisotopic (exact) mass is 303 g/mol. The summed E-state index contributed by atoms with van der Waals surface area (Å²) in [4.78, 5) is 16.8. The van der Waals surface area contributed by atoms with Crippen LogP contribution in [0.3, 0.4) is 0 Å². The van der Waals surface area contributed by atoms with Crippen LogP contribution in [0.1, 0.15) is 40.3 Å². The molecular formula is C16H21N3OS. The van der Waals surface area contributed by atoms with Crippen LogP contribution in [0.4, 0.5) is 0 Å². The SMILES string of the molecule is CCC(NC(=O)c1ccccc1CCNC)c1nccs1. The lowest BCUT2D eigenvalue weighted by atomic mass is 10.0. The minimum atomic E-state index is -0.0243. The molecule has 0 aliphatic heterocycles. The summed E-state index contributed by atoms with van der Waals surface area (Å²) in [6.45, 7) is 2.91. The van der Waals surface area contributed by atoms with E-state index >= 15 is 0 Å². The molecular weight excluding hydrogens is 282 g/mol. The van der Waals surface area contributed by atoms with Crippen molar-refractivity contribution in [3.05, 3.63) is 52.0 Å². The molecule has 0 bridgehead atoms. The molecule has 0 saturated heterocycles. The molecule has 1 atom stereocenters. The summed E-state index contributed by atoms with van der Waals surface area (Å²) in [6.07, 6.45) is 3.45. The van der Waals surface area contributed by atoms with E-state index in [0.717, 1.165) is 35.5 Å². The van der Waals surface area contributed by atoms with Crippen LogP contribution in [0.25, 0.3) is 0 Å². The van der Waals surface area contributed by atoms with Gasteiger partial charge in [-0.3, -0.25) is 4.79 Å². The lowest BCUT2D eigenvalue weighted by Gasteiger charge is -2.16. The molecule has 21 heavy (non-hydrogen) atoms. The third-order valence-corrected chi connectivity index (χ3v) is 4.26. The van der Waals surface area contributed by atoms with Gasteiger partial charge in [0.05, 0.1) is 6.04 Å². The van der Waals surface area contributed by atoms with Crippen LogP contribution in [-0.2, 0) is 6.42 Å². The molecule has 1 amide bonds. The quantitative estimate of drug-likeness (QED) is 0.827. The largest absolute Gasteiger partial charge is 0.343 e. The second-order valence-electron chi connectivity index (χ2n) is 4.82. The standard InChI is InChI=1S/C16H21N3OS/c1-3-14(16-18-10-11-21-16)19-15(20)13-7-5-4-6-12(13)8-9-17-2/h4-7,10-11,14,17H,3,8-9H2,1-2H3,(H,19,20). The molecule has 0 saturated carbocycles. The number of likely N-dealkylation sites (N-methyl/N-ethyl adjacent to an activating group) is 1. The summed E-state index contributed by atoms with van der Waals surface area (Å²) >= 11 is 1.58. The highest BCUT2D eigenvalue weighted by molar-refractivity contribution is 7.09. The van der Waals surface area contributed by atoms with Gasteiger partial charge in [-0.2, -0.15) is 0 Å². The Balaban J connectivity index is 2.12. The highest BCUT2D eigenvalue weighted by atomic mass is 32.1. The molecule has 5 heteroatoms. The molecule has 4 nitrogen and oxygen atoms in total. The molecule has 1 aromatic heterocycles. The maximum Gasteiger partial charge on any atom is 0.252 e. The number of carbonyl (C=O) groups excluding carboxylic acids is 1. The highest BCUT2D eigenvalue weighted by Gasteiger charge is 2.17. The molecule has 0 radical (unpaired) electrons. The van der Waals surface area contributed by atoms with Crippen LogP contribution < -0.4 is 10.6 Å². The smallest absolute Gasteiger partial charge is 0.252 e. The Kier molecular flexibility index (Phi) is 5.90. The van der Waals surface area contributed by atoms with Crippen LogP contribution in [0.2, 0.25) is 0 Å². The van der Waals surface area contributed by atoms with Gasteiger partial charge < -0.3 is 10.6 Å². The van der Waals surface area contributed by atoms with Gasteiger partial charge >= 0.3 is 0 Å². The first-order chi connectivity index (χ1) is 10.3. The summed E-state index contributed by atoms with van der Waals surface area (Å²) in [7, 11) is 1.91. The Morgan fingerprint density at radius 2 is 2.19 bits per heavy atom. The number of amides is 1. The molecule has 0 aliphatic carbocycles. The number of carbonyl (C=O) groups is 1. The number of nitrogens with one attached hydrogen (secondary N) is 2. The Bertz CT molecular complexity index is 569. The number of benzene rings is 1. The van der Waals surface area contributed by atoms with Crippen molar-refractivity contribution in [3.8, 4) is 0 Å². The summed E-state index contributed by atoms with van der Waals surface area (Å²) in [5.41, 5.74) is 1.82.